The fourth-order valence-corrected chi connectivity index (χ4v) is 4.57. The van der Waals surface area contributed by atoms with Crippen molar-refractivity contribution in [2.45, 2.75) is 51.4 Å². The van der Waals surface area contributed by atoms with Gasteiger partial charge in [0.25, 0.3) is 5.56 Å². The van der Waals surface area contributed by atoms with E-state index in [-0.39, 0.29) is 5.56 Å². The SMILES string of the molecule is C[Si](C)(C)C#Cc1cccc2c(=O)[nH]c(CCCC3CC(c4ccccc4)=CCN3)nc12. The minimum absolute atomic E-state index is 0.0771. The summed E-state index contributed by atoms with van der Waals surface area (Å²) in [6.07, 6.45) is 6.09. The maximum atomic E-state index is 12.7. The van der Waals surface area contributed by atoms with Crippen molar-refractivity contribution in [2.24, 2.45) is 0 Å². The Balaban J connectivity index is 1.45. The van der Waals surface area contributed by atoms with Crippen LogP contribution in [0.3, 0.4) is 0 Å². The van der Waals surface area contributed by atoms with Gasteiger partial charge in [-0.1, -0.05) is 68.0 Å². The zero-order valence-corrected chi connectivity index (χ0v) is 20.2. The van der Waals surface area contributed by atoms with E-state index in [1.165, 1.54) is 11.1 Å². The summed E-state index contributed by atoms with van der Waals surface area (Å²) >= 11 is 0. The van der Waals surface area contributed by atoms with Crippen LogP contribution in [0.4, 0.5) is 0 Å². The first-order valence-electron chi connectivity index (χ1n) is 11.4. The Hall–Kier alpha value is -2.94. The predicted octanol–water partition coefficient (Wildman–Crippen LogP) is 4.92. The molecule has 4 nitrogen and oxygen atoms in total. The maximum Gasteiger partial charge on any atom is 0.258 e. The first-order valence-corrected chi connectivity index (χ1v) is 14.9. The third kappa shape index (κ3) is 5.64. The number of nitrogens with zero attached hydrogens (tertiary/aromatic N) is 1. The van der Waals surface area contributed by atoms with Gasteiger partial charge >= 0.3 is 0 Å². The number of rotatable bonds is 5. The van der Waals surface area contributed by atoms with E-state index in [0.29, 0.717) is 11.4 Å². The lowest BCUT2D eigenvalue weighted by Gasteiger charge is -2.24. The lowest BCUT2D eigenvalue weighted by molar-refractivity contribution is 0.483. The lowest BCUT2D eigenvalue weighted by atomic mass is 9.93. The Morgan fingerprint density at radius 1 is 1.09 bits per heavy atom. The number of H-pyrrole nitrogens is 1. The standard InChI is InChI=1S/C27H31N3OSi/c1-32(2,3)18-16-21-11-7-13-24-26(21)29-25(30-27(24)31)14-8-12-23-19-22(15-17-28-23)20-9-5-4-6-10-20/h4-7,9-11,13,15,23,28H,8,12,14,17,19H2,1-3H3,(H,29,30,31). The quantitative estimate of drug-likeness (QED) is 0.436. The van der Waals surface area contributed by atoms with E-state index in [0.717, 1.165) is 49.1 Å². The number of aromatic nitrogens is 2. The molecule has 0 saturated heterocycles. The molecular weight excluding hydrogens is 410 g/mol. The molecule has 2 heterocycles. The van der Waals surface area contributed by atoms with Gasteiger partial charge in [0.2, 0.25) is 0 Å². The average Bonchev–Trinajstić information content (AvgIpc) is 2.78. The Morgan fingerprint density at radius 3 is 2.69 bits per heavy atom. The second-order valence-electron chi connectivity index (χ2n) is 9.51. The number of para-hydroxylation sites is 1. The molecule has 0 amide bonds. The van der Waals surface area contributed by atoms with Gasteiger partial charge in [-0.15, -0.1) is 5.54 Å². The number of benzene rings is 2. The number of hydrogen-bond donors (Lipinski definition) is 2. The fourth-order valence-electron chi connectivity index (χ4n) is 4.06. The van der Waals surface area contributed by atoms with Crippen LogP contribution < -0.4 is 10.9 Å². The molecule has 0 bridgehead atoms. The Labute approximate surface area is 191 Å². The molecule has 0 spiro atoms. The molecule has 0 aliphatic carbocycles. The van der Waals surface area contributed by atoms with E-state index in [9.17, 15) is 4.79 Å². The molecule has 0 fully saturated rings. The van der Waals surface area contributed by atoms with E-state index in [2.05, 4.69) is 77.8 Å². The van der Waals surface area contributed by atoms with Crippen molar-refractivity contribution >= 4 is 24.5 Å². The van der Waals surface area contributed by atoms with Crippen molar-refractivity contribution in [2.75, 3.05) is 6.54 Å². The number of aryl methyl sites for hydroxylation is 1. The summed E-state index contributed by atoms with van der Waals surface area (Å²) in [6.45, 7) is 7.55. The van der Waals surface area contributed by atoms with Crippen molar-refractivity contribution in [3.63, 3.8) is 0 Å². The smallest absolute Gasteiger partial charge is 0.258 e. The minimum Gasteiger partial charge on any atom is -0.310 e. The van der Waals surface area contributed by atoms with Crippen LogP contribution >= 0.6 is 0 Å². The second kappa shape index (κ2) is 9.68. The van der Waals surface area contributed by atoms with Crippen LogP contribution in [0.2, 0.25) is 19.6 Å². The summed E-state index contributed by atoms with van der Waals surface area (Å²) in [5.41, 5.74) is 7.62. The summed E-state index contributed by atoms with van der Waals surface area (Å²) in [6, 6.07) is 16.7. The van der Waals surface area contributed by atoms with Crippen LogP contribution in [0.1, 0.15) is 36.2 Å². The van der Waals surface area contributed by atoms with Crippen LogP contribution in [0.25, 0.3) is 16.5 Å². The van der Waals surface area contributed by atoms with Gasteiger partial charge in [-0.25, -0.2) is 4.98 Å². The van der Waals surface area contributed by atoms with Crippen LogP contribution in [0.15, 0.2) is 59.4 Å². The molecule has 32 heavy (non-hydrogen) atoms. The van der Waals surface area contributed by atoms with Crippen LogP contribution in [-0.2, 0) is 6.42 Å². The highest BCUT2D eigenvalue weighted by atomic mass is 28.3. The van der Waals surface area contributed by atoms with Gasteiger partial charge in [-0.3, -0.25) is 4.79 Å². The first kappa shape index (κ1) is 22.3. The van der Waals surface area contributed by atoms with Gasteiger partial charge in [-0.05, 0) is 42.5 Å². The monoisotopic (exact) mass is 441 g/mol. The summed E-state index contributed by atoms with van der Waals surface area (Å²) in [4.78, 5) is 20.5. The van der Waals surface area contributed by atoms with Crippen molar-refractivity contribution < 1.29 is 0 Å². The maximum absolute atomic E-state index is 12.7. The molecule has 2 N–H and O–H groups in total. The highest BCUT2D eigenvalue weighted by molar-refractivity contribution is 6.83. The molecule has 4 rings (SSSR count). The molecule has 5 heteroatoms. The zero-order chi connectivity index (χ0) is 22.6. The predicted molar refractivity (Wildman–Crippen MR) is 136 cm³/mol. The first-order chi connectivity index (χ1) is 15.4. The fraction of sp³-hybridized carbons (Fsp3) is 0.333. The molecule has 164 valence electrons. The third-order valence-corrected chi connectivity index (χ3v) is 6.56. The van der Waals surface area contributed by atoms with Gasteiger partial charge in [0.1, 0.15) is 13.9 Å². The molecule has 1 aliphatic heterocycles. The van der Waals surface area contributed by atoms with Crippen molar-refractivity contribution in [1.29, 1.82) is 0 Å². The van der Waals surface area contributed by atoms with Gasteiger partial charge in [0, 0.05) is 19.0 Å². The lowest BCUT2D eigenvalue weighted by Crippen LogP contribution is -2.33. The van der Waals surface area contributed by atoms with E-state index in [4.69, 9.17) is 4.98 Å². The molecule has 1 aromatic heterocycles. The Morgan fingerprint density at radius 2 is 1.91 bits per heavy atom. The molecule has 0 saturated carbocycles. The summed E-state index contributed by atoms with van der Waals surface area (Å²) in [5.74, 6) is 4.04. The molecular formula is C27H31N3OSi. The molecule has 1 unspecified atom stereocenters. The third-order valence-electron chi connectivity index (χ3n) is 5.69. The van der Waals surface area contributed by atoms with E-state index < -0.39 is 8.07 Å². The van der Waals surface area contributed by atoms with Crippen molar-refractivity contribution in [3.05, 3.63) is 81.9 Å². The molecule has 1 atom stereocenters. The number of fused-ring (bicyclic) bond motifs is 1. The average molecular weight is 442 g/mol. The molecule has 1 aliphatic rings. The number of nitrogens with one attached hydrogen (secondary N) is 2. The number of aromatic amines is 1. The van der Waals surface area contributed by atoms with E-state index in [1.54, 1.807) is 0 Å². The highest BCUT2D eigenvalue weighted by Crippen LogP contribution is 2.24. The largest absolute Gasteiger partial charge is 0.310 e. The van der Waals surface area contributed by atoms with E-state index >= 15 is 0 Å². The van der Waals surface area contributed by atoms with Gasteiger partial charge in [-0.2, -0.15) is 0 Å². The zero-order valence-electron chi connectivity index (χ0n) is 19.2. The second-order valence-corrected chi connectivity index (χ2v) is 14.3. The molecule has 0 radical (unpaired) electrons. The highest BCUT2D eigenvalue weighted by Gasteiger charge is 2.16. The normalized spacial score (nSPS) is 16.3. The van der Waals surface area contributed by atoms with Crippen molar-refractivity contribution in [3.8, 4) is 11.5 Å². The Bertz CT molecular complexity index is 1240. The summed E-state index contributed by atoms with van der Waals surface area (Å²) in [7, 11) is -1.51. The molecule has 3 aromatic rings. The van der Waals surface area contributed by atoms with Gasteiger partial charge in [0.05, 0.1) is 16.5 Å². The van der Waals surface area contributed by atoms with Crippen LogP contribution in [0, 0.1) is 11.5 Å². The molecule has 2 aromatic carbocycles. The van der Waals surface area contributed by atoms with E-state index in [1.807, 2.05) is 18.2 Å². The Kier molecular flexibility index (Phi) is 6.74. The van der Waals surface area contributed by atoms with Crippen molar-refractivity contribution in [1.82, 2.24) is 15.3 Å². The van der Waals surface area contributed by atoms with Crippen LogP contribution in [-0.4, -0.2) is 30.6 Å². The van der Waals surface area contributed by atoms with Gasteiger partial charge in [0.15, 0.2) is 0 Å². The topological polar surface area (TPSA) is 57.8 Å². The number of hydrogen-bond acceptors (Lipinski definition) is 3. The minimum atomic E-state index is -1.51. The van der Waals surface area contributed by atoms with Gasteiger partial charge < -0.3 is 10.3 Å². The van der Waals surface area contributed by atoms with Crippen LogP contribution in [0.5, 0.6) is 0 Å². The summed E-state index contributed by atoms with van der Waals surface area (Å²) < 4.78 is 0. The summed E-state index contributed by atoms with van der Waals surface area (Å²) in [5, 5.41) is 4.22.